The zero-order valence-electron chi connectivity index (χ0n) is 14.2. The van der Waals surface area contributed by atoms with Crippen LogP contribution in [0.5, 0.6) is 17.4 Å². The molecule has 7 nitrogen and oxygen atoms in total. The largest absolute Gasteiger partial charge is 0.497 e. The molecule has 3 rings (SSSR count). The highest BCUT2D eigenvalue weighted by Gasteiger charge is 2.23. The number of nitrogens with zero attached hydrogens (tertiary/aromatic N) is 3. The average molecular weight is 342 g/mol. The Balaban J connectivity index is 1.71. The molecule has 0 spiro atoms. The molecule has 1 aromatic carbocycles. The summed E-state index contributed by atoms with van der Waals surface area (Å²) in [6.07, 6.45) is 5.36. The monoisotopic (exact) mass is 342 g/mol. The molecule has 0 aliphatic carbocycles. The Bertz CT molecular complexity index is 738. The van der Waals surface area contributed by atoms with E-state index in [9.17, 15) is 4.79 Å². The van der Waals surface area contributed by atoms with Gasteiger partial charge in [0.15, 0.2) is 0 Å². The van der Waals surface area contributed by atoms with Crippen molar-refractivity contribution in [2.75, 3.05) is 26.7 Å². The van der Waals surface area contributed by atoms with Crippen molar-refractivity contribution in [3.63, 3.8) is 0 Å². The highest BCUT2D eigenvalue weighted by molar-refractivity contribution is 5.75. The predicted octanol–water partition coefficient (Wildman–Crippen LogP) is 1.94. The molecule has 1 amide bonds. The number of piperidine rings is 1. The first-order valence-electron chi connectivity index (χ1n) is 8.28. The molecule has 0 unspecified atom stereocenters. The number of amides is 1. The van der Waals surface area contributed by atoms with Gasteiger partial charge < -0.3 is 15.2 Å². The molecular formula is C18H22N4O3. The molecule has 25 heavy (non-hydrogen) atoms. The Morgan fingerprint density at radius 1 is 1.36 bits per heavy atom. The van der Waals surface area contributed by atoms with E-state index in [0.29, 0.717) is 11.6 Å². The lowest BCUT2D eigenvalue weighted by Gasteiger charge is -2.31. The molecule has 1 aliphatic heterocycles. The van der Waals surface area contributed by atoms with Gasteiger partial charge in [0.1, 0.15) is 11.5 Å². The number of hydrogen-bond acceptors (Lipinski definition) is 6. The number of carbonyl (C=O) groups excluding carboxylic acids is 1. The molecular weight excluding hydrogens is 320 g/mol. The summed E-state index contributed by atoms with van der Waals surface area (Å²) in [7, 11) is 1.61. The average Bonchev–Trinajstić information content (AvgIpc) is 2.62. The van der Waals surface area contributed by atoms with Crippen molar-refractivity contribution in [1.29, 1.82) is 0 Å². The third kappa shape index (κ3) is 4.67. The van der Waals surface area contributed by atoms with Crippen molar-refractivity contribution in [3.05, 3.63) is 42.4 Å². The second kappa shape index (κ2) is 7.94. The Morgan fingerprint density at radius 3 is 3.00 bits per heavy atom. The Morgan fingerprint density at radius 2 is 2.20 bits per heavy atom. The van der Waals surface area contributed by atoms with E-state index in [-0.39, 0.29) is 18.4 Å². The number of likely N-dealkylation sites (tertiary alicyclic amines) is 1. The summed E-state index contributed by atoms with van der Waals surface area (Å²) in [6.45, 7) is 1.91. The van der Waals surface area contributed by atoms with Crippen LogP contribution in [0.2, 0.25) is 0 Å². The normalized spacial score (nSPS) is 17.9. The van der Waals surface area contributed by atoms with Crippen molar-refractivity contribution >= 4 is 5.91 Å². The Labute approximate surface area is 146 Å². The Kier molecular flexibility index (Phi) is 5.45. The van der Waals surface area contributed by atoms with E-state index in [1.54, 1.807) is 25.6 Å². The number of benzene rings is 1. The molecule has 7 heteroatoms. The van der Waals surface area contributed by atoms with Crippen LogP contribution < -0.4 is 15.2 Å². The molecule has 1 atom stereocenters. The van der Waals surface area contributed by atoms with E-state index in [1.165, 1.54) is 0 Å². The van der Waals surface area contributed by atoms with E-state index in [0.717, 1.165) is 37.4 Å². The number of hydrogen-bond donors (Lipinski definition) is 1. The SMILES string of the molecule is COc1cccc(Oc2cncc([C@@H]3CCCN(CC(N)=O)C3)n2)c1. The highest BCUT2D eigenvalue weighted by atomic mass is 16.5. The van der Waals surface area contributed by atoms with Gasteiger partial charge in [0, 0.05) is 24.7 Å². The van der Waals surface area contributed by atoms with Crippen molar-refractivity contribution < 1.29 is 14.3 Å². The minimum Gasteiger partial charge on any atom is -0.497 e. The summed E-state index contributed by atoms with van der Waals surface area (Å²) in [4.78, 5) is 22.1. The lowest BCUT2D eigenvalue weighted by molar-refractivity contribution is -0.119. The fourth-order valence-corrected chi connectivity index (χ4v) is 3.05. The molecule has 2 aromatic rings. The van der Waals surface area contributed by atoms with E-state index in [1.807, 2.05) is 18.2 Å². The first-order valence-corrected chi connectivity index (χ1v) is 8.28. The first kappa shape index (κ1) is 17.2. The number of carbonyl (C=O) groups is 1. The smallest absolute Gasteiger partial charge is 0.238 e. The van der Waals surface area contributed by atoms with E-state index in [4.69, 9.17) is 15.2 Å². The van der Waals surface area contributed by atoms with E-state index >= 15 is 0 Å². The third-order valence-corrected chi connectivity index (χ3v) is 4.20. The van der Waals surface area contributed by atoms with E-state index in [2.05, 4.69) is 14.9 Å². The minimum atomic E-state index is -0.304. The van der Waals surface area contributed by atoms with Crippen LogP contribution in [0.1, 0.15) is 24.5 Å². The number of nitrogens with two attached hydrogens (primary N) is 1. The Hall–Kier alpha value is -2.67. The fourth-order valence-electron chi connectivity index (χ4n) is 3.05. The van der Waals surface area contributed by atoms with Crippen LogP contribution in [0.3, 0.4) is 0 Å². The lowest BCUT2D eigenvalue weighted by atomic mass is 9.95. The van der Waals surface area contributed by atoms with Gasteiger partial charge in [0.2, 0.25) is 11.8 Å². The molecule has 1 fully saturated rings. The summed E-state index contributed by atoms with van der Waals surface area (Å²) < 4.78 is 11.0. The maximum Gasteiger partial charge on any atom is 0.238 e. The minimum absolute atomic E-state index is 0.217. The van der Waals surface area contributed by atoms with Gasteiger partial charge >= 0.3 is 0 Å². The van der Waals surface area contributed by atoms with Gasteiger partial charge in [0.25, 0.3) is 0 Å². The molecule has 2 N–H and O–H groups in total. The van der Waals surface area contributed by atoms with Gasteiger partial charge in [-0.15, -0.1) is 0 Å². The maximum atomic E-state index is 11.1. The molecule has 0 radical (unpaired) electrons. The molecule has 1 saturated heterocycles. The molecule has 132 valence electrons. The molecule has 0 saturated carbocycles. The summed E-state index contributed by atoms with van der Waals surface area (Å²) in [6, 6.07) is 7.34. The van der Waals surface area contributed by atoms with Crippen molar-refractivity contribution in [3.8, 4) is 17.4 Å². The van der Waals surface area contributed by atoms with Crippen LogP contribution in [0.25, 0.3) is 0 Å². The molecule has 0 bridgehead atoms. The number of primary amides is 1. The molecule has 1 aliphatic rings. The topological polar surface area (TPSA) is 90.6 Å². The summed E-state index contributed by atoms with van der Waals surface area (Å²) in [5.74, 6) is 1.72. The van der Waals surface area contributed by atoms with Gasteiger partial charge in [-0.3, -0.25) is 14.7 Å². The van der Waals surface area contributed by atoms with Crippen LogP contribution in [-0.4, -0.2) is 47.5 Å². The second-order valence-corrected chi connectivity index (χ2v) is 6.10. The third-order valence-electron chi connectivity index (χ3n) is 4.20. The molecule has 1 aromatic heterocycles. The first-order chi connectivity index (χ1) is 12.1. The quantitative estimate of drug-likeness (QED) is 0.863. The van der Waals surface area contributed by atoms with Crippen LogP contribution in [0.15, 0.2) is 36.7 Å². The maximum absolute atomic E-state index is 11.1. The number of rotatable bonds is 6. The van der Waals surface area contributed by atoms with Gasteiger partial charge in [0.05, 0.1) is 25.5 Å². The standard InChI is InChI=1S/C18H22N4O3/c1-24-14-5-2-6-15(8-14)25-18-10-20-9-16(21-18)13-4-3-7-22(11-13)12-17(19)23/h2,5-6,8-10,13H,3-4,7,11-12H2,1H3,(H2,19,23)/t13-/m1/s1. The van der Waals surface area contributed by atoms with Gasteiger partial charge in [-0.25, -0.2) is 4.98 Å². The molecule has 2 heterocycles. The van der Waals surface area contributed by atoms with Gasteiger partial charge in [-0.1, -0.05) is 6.07 Å². The van der Waals surface area contributed by atoms with Crippen molar-refractivity contribution in [2.45, 2.75) is 18.8 Å². The van der Waals surface area contributed by atoms with Crippen LogP contribution in [0, 0.1) is 0 Å². The summed E-state index contributed by atoms with van der Waals surface area (Å²) >= 11 is 0. The number of ether oxygens (including phenoxy) is 2. The number of aromatic nitrogens is 2. The van der Waals surface area contributed by atoms with Crippen molar-refractivity contribution in [1.82, 2.24) is 14.9 Å². The second-order valence-electron chi connectivity index (χ2n) is 6.10. The fraction of sp³-hybridized carbons (Fsp3) is 0.389. The van der Waals surface area contributed by atoms with Crippen molar-refractivity contribution in [2.24, 2.45) is 5.73 Å². The lowest BCUT2D eigenvalue weighted by Crippen LogP contribution is -2.40. The predicted molar refractivity (Wildman–Crippen MR) is 92.7 cm³/mol. The zero-order chi connectivity index (χ0) is 17.6. The highest BCUT2D eigenvalue weighted by Crippen LogP contribution is 2.28. The van der Waals surface area contributed by atoms with E-state index < -0.39 is 0 Å². The van der Waals surface area contributed by atoms with Crippen LogP contribution in [-0.2, 0) is 4.79 Å². The zero-order valence-corrected chi connectivity index (χ0v) is 14.2. The number of methoxy groups -OCH3 is 1. The van der Waals surface area contributed by atoms with Crippen LogP contribution >= 0.6 is 0 Å². The van der Waals surface area contributed by atoms with Gasteiger partial charge in [-0.05, 0) is 31.5 Å². The summed E-state index contributed by atoms with van der Waals surface area (Å²) in [5.41, 5.74) is 6.17. The summed E-state index contributed by atoms with van der Waals surface area (Å²) in [5, 5.41) is 0. The van der Waals surface area contributed by atoms with Crippen LogP contribution in [0.4, 0.5) is 0 Å². The van der Waals surface area contributed by atoms with Gasteiger partial charge in [-0.2, -0.15) is 0 Å².